The number of fused-ring (bicyclic) bond motifs is 1. The van der Waals surface area contributed by atoms with Crippen molar-refractivity contribution in [1.82, 2.24) is 24.3 Å². The second kappa shape index (κ2) is 12.1. The second-order valence-corrected chi connectivity index (χ2v) is 6.61. The summed E-state index contributed by atoms with van der Waals surface area (Å²) >= 11 is 0. The summed E-state index contributed by atoms with van der Waals surface area (Å²) in [5.74, 6) is 4.71. The van der Waals surface area contributed by atoms with E-state index in [0.29, 0.717) is 22.3 Å². The number of hydrogen-bond acceptors (Lipinski definition) is 8. The Hall–Kier alpha value is -3.86. The summed E-state index contributed by atoms with van der Waals surface area (Å²) in [6.07, 6.45) is 2.83. The van der Waals surface area contributed by atoms with Crippen molar-refractivity contribution in [3.8, 4) is 0 Å². The zero-order valence-corrected chi connectivity index (χ0v) is 18.9. The minimum absolute atomic E-state index is 0.0522. The van der Waals surface area contributed by atoms with Crippen LogP contribution < -0.4 is 17.1 Å². The number of nitrogens with two attached hydrogens (primary N) is 2. The number of benzene rings is 1. The molecule has 0 spiro atoms. The van der Waals surface area contributed by atoms with Gasteiger partial charge in [0.1, 0.15) is 17.5 Å². The fourth-order valence-electron chi connectivity index (χ4n) is 2.58. The molecule has 3 rings (SSSR count). The van der Waals surface area contributed by atoms with Crippen molar-refractivity contribution in [3.63, 3.8) is 0 Å². The fourth-order valence-corrected chi connectivity index (χ4v) is 2.58. The molecule has 0 aliphatic carbocycles. The van der Waals surface area contributed by atoms with Crippen LogP contribution in [0, 0.1) is 0 Å². The first-order valence-electron chi connectivity index (χ1n) is 9.89. The highest BCUT2D eigenvalue weighted by Gasteiger charge is 2.15. The van der Waals surface area contributed by atoms with E-state index >= 15 is 0 Å². The quantitative estimate of drug-likeness (QED) is 0.255. The Bertz CT molecular complexity index is 1150. The number of amides is 1. The third-order valence-corrected chi connectivity index (χ3v) is 3.96. The molecule has 0 aliphatic rings. The number of carbonyl (C=O) groups is 3. The van der Waals surface area contributed by atoms with Crippen molar-refractivity contribution in [2.75, 3.05) is 12.3 Å². The van der Waals surface area contributed by atoms with Gasteiger partial charge in [-0.15, -0.1) is 0 Å². The number of nitrogen functional groups attached to an aromatic ring is 1. The molecule has 2 aromatic heterocycles. The third kappa shape index (κ3) is 6.84. The lowest BCUT2D eigenvalue weighted by atomic mass is 10.1. The highest BCUT2D eigenvalue weighted by Crippen LogP contribution is 2.11. The number of aromatic nitrogens is 4. The molecule has 0 saturated heterocycles. The summed E-state index contributed by atoms with van der Waals surface area (Å²) in [6.45, 7) is 6.73. The fraction of sp³-hybridized carbons (Fsp3) is 0.333. The van der Waals surface area contributed by atoms with Crippen LogP contribution in [-0.2, 0) is 23.2 Å². The molecule has 172 valence electrons. The van der Waals surface area contributed by atoms with Crippen LogP contribution in [0.15, 0.2) is 41.6 Å². The van der Waals surface area contributed by atoms with Crippen LogP contribution >= 0.6 is 0 Å². The minimum atomic E-state index is -0.455. The van der Waals surface area contributed by atoms with Crippen molar-refractivity contribution >= 4 is 34.2 Å². The average molecular weight is 444 g/mol. The van der Waals surface area contributed by atoms with Crippen molar-refractivity contribution in [3.05, 3.63) is 52.7 Å². The number of para-hydroxylation sites is 1. The number of nitrogens with zero attached hydrogens (tertiary/aromatic N) is 5. The predicted molar refractivity (Wildman–Crippen MR) is 122 cm³/mol. The molecular weight excluding hydrogens is 414 g/mol. The molecule has 11 nitrogen and oxygen atoms in total. The van der Waals surface area contributed by atoms with Gasteiger partial charge in [-0.1, -0.05) is 26.0 Å². The van der Waals surface area contributed by atoms with E-state index in [2.05, 4.69) is 10.1 Å². The van der Waals surface area contributed by atoms with Gasteiger partial charge in [0.15, 0.2) is 11.4 Å². The van der Waals surface area contributed by atoms with Crippen molar-refractivity contribution < 1.29 is 14.4 Å². The predicted octanol–water partition coefficient (Wildman–Crippen LogP) is 0.919. The van der Waals surface area contributed by atoms with E-state index in [1.165, 1.54) is 35.6 Å². The number of Topliss-reactive ketones (excluding diaryl/α,β-unsaturated/α-hetero) is 2. The van der Waals surface area contributed by atoms with Crippen molar-refractivity contribution in [2.24, 2.45) is 12.9 Å². The molecule has 0 saturated carbocycles. The normalized spacial score (nSPS) is 9.81. The van der Waals surface area contributed by atoms with Gasteiger partial charge in [-0.25, -0.2) is 10.8 Å². The number of carbonyl (C=O) groups excluding carboxylic acids is 3. The maximum Gasteiger partial charge on any atom is 0.270 e. The first kappa shape index (κ1) is 26.2. The molecule has 0 fully saturated rings. The van der Waals surface area contributed by atoms with Gasteiger partial charge in [0, 0.05) is 12.7 Å². The molecule has 0 atom stereocenters. The summed E-state index contributed by atoms with van der Waals surface area (Å²) in [4.78, 5) is 49.2. The summed E-state index contributed by atoms with van der Waals surface area (Å²) in [7, 11) is 1.71. The van der Waals surface area contributed by atoms with Crippen LogP contribution in [0.5, 0.6) is 0 Å². The van der Waals surface area contributed by atoms with Crippen LogP contribution in [0.3, 0.4) is 0 Å². The smallest absolute Gasteiger partial charge is 0.270 e. The number of rotatable bonds is 5. The van der Waals surface area contributed by atoms with Gasteiger partial charge >= 0.3 is 0 Å². The van der Waals surface area contributed by atoms with E-state index in [9.17, 15) is 19.2 Å². The van der Waals surface area contributed by atoms with Crippen molar-refractivity contribution in [2.45, 2.75) is 34.2 Å². The topological polar surface area (TPSA) is 159 Å². The van der Waals surface area contributed by atoms with E-state index < -0.39 is 5.91 Å². The largest absolute Gasteiger partial charge is 0.398 e. The number of hydrogen-bond donors (Lipinski definition) is 2. The maximum atomic E-state index is 11.8. The Morgan fingerprint density at radius 3 is 2.28 bits per heavy atom. The molecule has 2 heterocycles. The SMILES string of the molecule is CC.CC(=O)CN(N)C(=O)c1ccccc1N.CC(=O)Cn1cnc2c(cnn2C)c1=O. The Balaban J connectivity index is 0.000000297. The molecule has 0 aliphatic heterocycles. The lowest BCUT2D eigenvalue weighted by Crippen LogP contribution is -2.40. The van der Waals surface area contributed by atoms with Crippen LogP contribution in [0.2, 0.25) is 0 Å². The number of aryl methyl sites for hydroxylation is 1. The van der Waals surface area contributed by atoms with E-state index in [-0.39, 0.29) is 30.2 Å². The Morgan fingerprint density at radius 1 is 1.09 bits per heavy atom. The summed E-state index contributed by atoms with van der Waals surface area (Å²) in [6, 6.07) is 6.58. The Morgan fingerprint density at radius 2 is 1.72 bits per heavy atom. The zero-order valence-electron chi connectivity index (χ0n) is 18.9. The lowest BCUT2D eigenvalue weighted by Gasteiger charge is -2.15. The van der Waals surface area contributed by atoms with Gasteiger partial charge in [-0.05, 0) is 26.0 Å². The van der Waals surface area contributed by atoms with Crippen LogP contribution in [-0.4, -0.2) is 48.4 Å². The maximum absolute atomic E-state index is 11.8. The van der Waals surface area contributed by atoms with Gasteiger partial charge in [0.25, 0.3) is 11.5 Å². The van der Waals surface area contributed by atoms with E-state index in [0.717, 1.165) is 5.01 Å². The zero-order chi connectivity index (χ0) is 24.4. The molecule has 0 radical (unpaired) electrons. The summed E-state index contributed by atoms with van der Waals surface area (Å²) in [5.41, 5.74) is 6.55. The first-order chi connectivity index (χ1) is 15.1. The lowest BCUT2D eigenvalue weighted by molar-refractivity contribution is -0.118. The van der Waals surface area contributed by atoms with Gasteiger partial charge in [-0.2, -0.15) is 5.10 Å². The van der Waals surface area contributed by atoms with E-state index in [1.54, 1.807) is 31.3 Å². The molecule has 1 amide bonds. The van der Waals surface area contributed by atoms with Crippen LogP contribution in [0.1, 0.15) is 38.1 Å². The minimum Gasteiger partial charge on any atom is -0.398 e. The highest BCUT2D eigenvalue weighted by molar-refractivity contribution is 6.00. The van der Waals surface area contributed by atoms with Crippen molar-refractivity contribution in [1.29, 1.82) is 0 Å². The molecular formula is C21H29N7O4. The van der Waals surface area contributed by atoms with Crippen LogP contribution in [0.25, 0.3) is 11.0 Å². The monoisotopic (exact) mass is 443 g/mol. The standard InChI is InChI=1S/C10H13N3O2.C9H10N4O2.C2H6/c1-7(14)6-13(12)10(15)8-4-2-3-5-9(8)11;1-6(14)4-13-5-10-8-7(9(13)15)3-11-12(8)2;1-2/h2-5H,6,11-12H2,1H3;3,5H,4H2,1-2H3;1-2H3. The number of anilines is 1. The molecule has 32 heavy (non-hydrogen) atoms. The molecule has 1 aromatic carbocycles. The highest BCUT2D eigenvalue weighted by atomic mass is 16.2. The molecule has 4 N–H and O–H groups in total. The Labute approximate surface area is 185 Å². The molecule has 11 heteroatoms. The molecule has 0 unspecified atom stereocenters. The second-order valence-electron chi connectivity index (χ2n) is 6.61. The summed E-state index contributed by atoms with van der Waals surface area (Å²) in [5, 5.41) is 5.22. The van der Waals surface area contributed by atoms with Gasteiger partial charge in [0.05, 0.1) is 24.8 Å². The van der Waals surface area contributed by atoms with E-state index in [4.69, 9.17) is 11.6 Å². The van der Waals surface area contributed by atoms with Crippen LogP contribution in [0.4, 0.5) is 5.69 Å². The van der Waals surface area contributed by atoms with Gasteiger partial charge in [0.2, 0.25) is 0 Å². The van der Waals surface area contributed by atoms with Gasteiger partial charge < -0.3 is 5.73 Å². The third-order valence-electron chi connectivity index (χ3n) is 3.96. The average Bonchev–Trinajstić information content (AvgIpc) is 3.12. The summed E-state index contributed by atoms with van der Waals surface area (Å²) < 4.78 is 2.81. The Kier molecular flexibility index (Phi) is 9.90. The molecule has 0 bridgehead atoms. The van der Waals surface area contributed by atoms with Gasteiger partial charge in [-0.3, -0.25) is 33.4 Å². The first-order valence-corrected chi connectivity index (χ1v) is 9.89. The van der Waals surface area contributed by atoms with E-state index in [1.807, 2.05) is 13.8 Å². The molecule has 3 aromatic rings. The number of ketones is 2. The number of hydrazine groups is 1.